The van der Waals surface area contributed by atoms with Gasteiger partial charge in [-0.15, -0.1) is 0 Å². The zero-order chi connectivity index (χ0) is 17.7. The molecule has 3 rings (SSSR count). The highest BCUT2D eigenvalue weighted by Gasteiger charge is 2.60. The van der Waals surface area contributed by atoms with Gasteiger partial charge in [0.1, 0.15) is 30.4 Å². The Kier molecular flexibility index (Phi) is 4.06. The number of phosphoric acid groups is 1. The summed E-state index contributed by atoms with van der Waals surface area (Å²) in [5.41, 5.74) is 5.63. The molecule has 14 heteroatoms. The summed E-state index contributed by atoms with van der Waals surface area (Å²) in [6.07, 6.45) is -2.99. The molecule has 4 atom stereocenters. The van der Waals surface area contributed by atoms with Gasteiger partial charge in [0.05, 0.1) is 6.61 Å². The fraction of sp³-hybridized carbons (Fsp3) is 0.500. The number of phosphoric ester groups is 1. The maximum Gasteiger partial charge on any atom is 0.473 e. The lowest BCUT2D eigenvalue weighted by Gasteiger charge is -2.32. The number of aromatic nitrogens is 4. The molecule has 132 valence electrons. The number of nitrogens with zero attached hydrogens (tertiary/aromatic N) is 4. The van der Waals surface area contributed by atoms with Crippen LogP contribution in [0.25, 0.3) is 11.2 Å². The first-order valence-corrected chi connectivity index (χ1v) is 8.08. The molecule has 1 aliphatic rings. The zero-order valence-corrected chi connectivity index (χ0v) is 12.8. The molecular weight excluding hydrogens is 349 g/mol. The van der Waals surface area contributed by atoms with Gasteiger partial charge in [0.15, 0.2) is 17.6 Å². The fourth-order valence-corrected chi connectivity index (χ4v) is 3.07. The number of nitrogen functional groups attached to an aromatic ring is 1. The van der Waals surface area contributed by atoms with E-state index in [1.165, 1.54) is 0 Å². The summed E-state index contributed by atoms with van der Waals surface area (Å²) in [7, 11) is -5.21. The molecule has 7 N–H and O–H groups in total. The predicted molar refractivity (Wildman–Crippen MR) is 74.8 cm³/mol. The van der Waals surface area contributed by atoms with Gasteiger partial charge in [-0.3, -0.25) is 4.57 Å². The van der Waals surface area contributed by atoms with Crippen LogP contribution in [0.5, 0.6) is 0 Å². The van der Waals surface area contributed by atoms with Gasteiger partial charge in [0, 0.05) is 0 Å². The van der Waals surface area contributed by atoms with Gasteiger partial charge in [0.2, 0.25) is 0 Å². The highest BCUT2D eigenvalue weighted by Crippen LogP contribution is 2.50. The van der Waals surface area contributed by atoms with Crippen LogP contribution in [0, 0.1) is 0 Å². The van der Waals surface area contributed by atoms with Crippen LogP contribution < -0.4 is 5.73 Å². The molecule has 2 aromatic rings. The summed E-state index contributed by atoms with van der Waals surface area (Å²) < 4.78 is 22.1. The maximum atomic E-state index is 11.4. The number of imidazole rings is 1. The number of hydrogen-bond acceptors (Lipinski definition) is 10. The first-order valence-electron chi connectivity index (χ1n) is 6.54. The van der Waals surface area contributed by atoms with Crippen molar-refractivity contribution in [2.75, 3.05) is 12.3 Å². The SMILES string of the molecule is Nc1ncnc2c1ncn2[C@]1(OP(=O)(O)O)O[C@H](CO)[C@@H](O)[C@H]1O. The summed E-state index contributed by atoms with van der Waals surface area (Å²) in [5, 5.41) is 29.5. The summed E-state index contributed by atoms with van der Waals surface area (Å²) >= 11 is 0. The van der Waals surface area contributed by atoms with Gasteiger partial charge >= 0.3 is 7.82 Å². The fourth-order valence-electron chi connectivity index (χ4n) is 2.49. The number of anilines is 1. The van der Waals surface area contributed by atoms with E-state index >= 15 is 0 Å². The second-order valence-electron chi connectivity index (χ2n) is 5.03. The average molecular weight is 363 g/mol. The van der Waals surface area contributed by atoms with Crippen LogP contribution in [0.2, 0.25) is 0 Å². The van der Waals surface area contributed by atoms with E-state index in [1.54, 1.807) is 0 Å². The van der Waals surface area contributed by atoms with Gasteiger partial charge < -0.3 is 35.6 Å². The topological polar surface area (TPSA) is 206 Å². The monoisotopic (exact) mass is 363 g/mol. The standard InChI is InChI=1S/C10H14N5O8P/c11-8-5-9(13-2-12-8)15(3-14-5)10(23-24(19,20)21)7(18)6(17)4(1-16)22-10/h2-4,6-7,16-18H,1H2,(H2,11,12,13)(H2,19,20,21)/t4-,6-,7-,10+/m1/s1. The first-order chi connectivity index (χ1) is 11.2. The Labute approximate surface area is 133 Å². The predicted octanol–water partition coefficient (Wildman–Crippen LogP) is -2.76. The molecule has 0 aromatic carbocycles. The van der Waals surface area contributed by atoms with E-state index in [1.807, 2.05) is 0 Å². The summed E-state index contributed by atoms with van der Waals surface area (Å²) in [6.45, 7) is -0.742. The number of rotatable bonds is 4. The molecule has 0 aliphatic carbocycles. The lowest BCUT2D eigenvalue weighted by Crippen LogP contribution is -2.47. The van der Waals surface area contributed by atoms with Crippen LogP contribution in [-0.4, -0.2) is 69.5 Å². The van der Waals surface area contributed by atoms with Crippen molar-refractivity contribution in [1.29, 1.82) is 0 Å². The van der Waals surface area contributed by atoms with E-state index < -0.39 is 38.7 Å². The number of fused-ring (bicyclic) bond motifs is 1. The van der Waals surface area contributed by atoms with Crippen LogP contribution in [0.1, 0.15) is 0 Å². The molecule has 0 radical (unpaired) electrons. The van der Waals surface area contributed by atoms with E-state index in [4.69, 9.17) is 10.5 Å². The summed E-state index contributed by atoms with van der Waals surface area (Å²) in [6, 6.07) is 0. The quantitative estimate of drug-likeness (QED) is 0.305. The molecule has 1 fully saturated rings. The molecule has 13 nitrogen and oxygen atoms in total. The van der Waals surface area contributed by atoms with Crippen molar-refractivity contribution in [3.8, 4) is 0 Å². The van der Waals surface area contributed by atoms with Crippen molar-refractivity contribution in [3.63, 3.8) is 0 Å². The normalized spacial score (nSPS) is 31.0. The lowest BCUT2D eigenvalue weighted by atomic mass is 10.1. The third kappa shape index (κ3) is 2.56. The van der Waals surface area contributed by atoms with Crippen molar-refractivity contribution in [2.24, 2.45) is 0 Å². The highest BCUT2D eigenvalue weighted by atomic mass is 31.2. The van der Waals surface area contributed by atoms with E-state index in [9.17, 15) is 29.7 Å². The van der Waals surface area contributed by atoms with Gasteiger partial charge in [-0.05, 0) is 0 Å². The van der Waals surface area contributed by atoms with E-state index in [0.29, 0.717) is 0 Å². The third-order valence-electron chi connectivity index (χ3n) is 3.53. The lowest BCUT2D eigenvalue weighted by molar-refractivity contribution is -0.275. The van der Waals surface area contributed by atoms with Gasteiger partial charge in [0.25, 0.3) is 5.91 Å². The molecule has 1 saturated heterocycles. The molecule has 0 spiro atoms. The molecular formula is C10H14N5O8P. The number of nitrogens with two attached hydrogens (primary N) is 1. The van der Waals surface area contributed by atoms with Crippen molar-refractivity contribution in [3.05, 3.63) is 12.7 Å². The molecule has 2 aromatic heterocycles. The molecule has 0 unspecified atom stereocenters. The Bertz CT molecular complexity index is 810. The van der Waals surface area contributed by atoms with Crippen molar-refractivity contribution in [2.45, 2.75) is 24.2 Å². The van der Waals surface area contributed by atoms with Crippen LogP contribution in [0.4, 0.5) is 5.82 Å². The number of hydrogen-bond donors (Lipinski definition) is 6. The minimum atomic E-state index is -5.21. The molecule has 24 heavy (non-hydrogen) atoms. The van der Waals surface area contributed by atoms with Crippen LogP contribution in [0.15, 0.2) is 12.7 Å². The Balaban J connectivity index is 2.22. The van der Waals surface area contributed by atoms with Gasteiger partial charge in [-0.25, -0.2) is 24.0 Å². The second kappa shape index (κ2) is 5.68. The smallest absolute Gasteiger partial charge is 0.394 e. The molecule has 0 saturated carbocycles. The minimum Gasteiger partial charge on any atom is -0.394 e. The van der Waals surface area contributed by atoms with Crippen LogP contribution in [0.3, 0.4) is 0 Å². The number of aliphatic hydroxyl groups is 3. The molecule has 3 heterocycles. The molecule has 0 amide bonds. The highest BCUT2D eigenvalue weighted by molar-refractivity contribution is 7.46. The summed E-state index contributed by atoms with van der Waals surface area (Å²) in [5.74, 6) is -2.61. The maximum absolute atomic E-state index is 11.4. The summed E-state index contributed by atoms with van der Waals surface area (Å²) in [4.78, 5) is 29.9. The Morgan fingerprint density at radius 1 is 1.38 bits per heavy atom. The largest absolute Gasteiger partial charge is 0.473 e. The van der Waals surface area contributed by atoms with Gasteiger partial charge in [-0.1, -0.05) is 0 Å². The van der Waals surface area contributed by atoms with E-state index in [2.05, 4.69) is 19.5 Å². The number of aliphatic hydroxyl groups excluding tert-OH is 3. The van der Waals surface area contributed by atoms with Crippen LogP contribution in [-0.2, 0) is 19.7 Å². The Morgan fingerprint density at radius 2 is 2.08 bits per heavy atom. The van der Waals surface area contributed by atoms with E-state index in [-0.39, 0.29) is 17.0 Å². The number of ether oxygens (including phenoxy) is 1. The third-order valence-corrected chi connectivity index (χ3v) is 4.03. The van der Waals surface area contributed by atoms with Crippen molar-refractivity contribution < 1.29 is 38.9 Å². The van der Waals surface area contributed by atoms with Crippen molar-refractivity contribution in [1.82, 2.24) is 19.5 Å². The second-order valence-corrected chi connectivity index (χ2v) is 6.20. The zero-order valence-electron chi connectivity index (χ0n) is 11.9. The molecule has 1 aliphatic heterocycles. The first kappa shape index (κ1) is 17.1. The van der Waals surface area contributed by atoms with Gasteiger partial charge in [-0.2, -0.15) is 0 Å². The Morgan fingerprint density at radius 3 is 2.67 bits per heavy atom. The molecule has 0 bridgehead atoms. The minimum absolute atomic E-state index is 0.0307. The van der Waals surface area contributed by atoms with Crippen LogP contribution >= 0.6 is 7.82 Å². The average Bonchev–Trinajstić information content (AvgIpc) is 3.03. The van der Waals surface area contributed by atoms with Crippen molar-refractivity contribution >= 4 is 24.8 Å². The Hall–Kier alpha value is -1.70. The van der Waals surface area contributed by atoms with E-state index in [0.717, 1.165) is 17.2 Å².